The smallest absolute Gasteiger partial charge is 0.236 e. The lowest BCUT2D eigenvalue weighted by Crippen LogP contribution is -1.98. The van der Waals surface area contributed by atoms with E-state index < -0.39 is 0 Å². The number of aromatic nitrogens is 3. The molecule has 4 aromatic rings. The van der Waals surface area contributed by atoms with Crippen LogP contribution in [0.2, 0.25) is 0 Å². The molecule has 0 saturated carbocycles. The Morgan fingerprint density at radius 3 is 2.78 bits per heavy atom. The monoisotopic (exact) mass is 379 g/mol. The first-order valence-corrected chi connectivity index (χ1v) is 9.76. The summed E-state index contributed by atoms with van der Waals surface area (Å²) in [6.07, 6.45) is 9.43. The second-order valence-corrected chi connectivity index (χ2v) is 7.68. The average Bonchev–Trinajstić information content (AvgIpc) is 3.43. The quantitative estimate of drug-likeness (QED) is 0.426. The van der Waals surface area contributed by atoms with Crippen molar-refractivity contribution in [3.63, 3.8) is 0 Å². The highest BCUT2D eigenvalue weighted by Gasteiger charge is 2.09. The molecule has 0 saturated heterocycles. The number of hydrogen-bond acceptors (Lipinski definition) is 5. The van der Waals surface area contributed by atoms with E-state index in [1.807, 2.05) is 36.9 Å². The van der Waals surface area contributed by atoms with Gasteiger partial charge in [-0.15, -0.1) is 11.3 Å². The number of ether oxygens (including phenoxy) is 1. The van der Waals surface area contributed by atoms with Gasteiger partial charge in [0.05, 0.1) is 11.2 Å². The number of imidazole rings is 1. The molecule has 0 amide bonds. The van der Waals surface area contributed by atoms with Gasteiger partial charge < -0.3 is 13.7 Å². The molecule has 3 heterocycles. The van der Waals surface area contributed by atoms with E-state index in [2.05, 4.69) is 39.7 Å². The van der Waals surface area contributed by atoms with Gasteiger partial charge in [-0.25, -0.2) is 9.97 Å². The van der Waals surface area contributed by atoms with E-state index >= 15 is 0 Å². The summed E-state index contributed by atoms with van der Waals surface area (Å²) in [5.74, 6) is 1.49. The normalized spacial score (nSPS) is 11.0. The van der Waals surface area contributed by atoms with Crippen molar-refractivity contribution in [3.8, 4) is 16.5 Å². The zero-order chi connectivity index (χ0) is 18.5. The summed E-state index contributed by atoms with van der Waals surface area (Å²) in [5.41, 5.74) is 2.10. The van der Waals surface area contributed by atoms with E-state index in [0.717, 1.165) is 35.7 Å². The number of benzene rings is 1. The van der Waals surface area contributed by atoms with E-state index in [4.69, 9.17) is 9.15 Å². The Hall–Kier alpha value is -2.86. The maximum absolute atomic E-state index is 5.83. The maximum Gasteiger partial charge on any atom is 0.236 e. The number of nitrogens with zero attached hydrogens (tertiary/aromatic N) is 3. The van der Waals surface area contributed by atoms with Gasteiger partial charge in [-0.05, 0) is 49.6 Å². The molecule has 0 aliphatic heterocycles. The van der Waals surface area contributed by atoms with E-state index in [1.54, 1.807) is 17.6 Å². The Morgan fingerprint density at radius 1 is 1.15 bits per heavy atom. The molecule has 0 aliphatic rings. The Labute approximate surface area is 162 Å². The third kappa shape index (κ3) is 4.65. The van der Waals surface area contributed by atoms with Crippen molar-refractivity contribution in [2.75, 3.05) is 0 Å². The highest BCUT2D eigenvalue weighted by Crippen LogP contribution is 2.27. The zero-order valence-electron chi connectivity index (χ0n) is 15.2. The summed E-state index contributed by atoms with van der Waals surface area (Å²) in [4.78, 5) is 10.8. The lowest BCUT2D eigenvalue weighted by molar-refractivity contribution is 0.301. The van der Waals surface area contributed by atoms with Gasteiger partial charge in [0.15, 0.2) is 0 Å². The van der Waals surface area contributed by atoms with E-state index in [1.165, 1.54) is 10.4 Å². The first-order chi connectivity index (χ1) is 13.3. The van der Waals surface area contributed by atoms with Crippen LogP contribution in [0.4, 0.5) is 0 Å². The molecule has 5 nitrogen and oxygen atoms in total. The topological polar surface area (TPSA) is 53.1 Å². The van der Waals surface area contributed by atoms with Crippen molar-refractivity contribution >= 4 is 11.3 Å². The molecular weight excluding hydrogens is 358 g/mol. The SMILES string of the molecule is Cc1ccc(-c2nc(COc3ccc(CCCn4ccnc4)cc3)co2)s1. The molecule has 0 fully saturated rings. The highest BCUT2D eigenvalue weighted by atomic mass is 32.1. The summed E-state index contributed by atoms with van der Waals surface area (Å²) in [7, 11) is 0. The zero-order valence-corrected chi connectivity index (χ0v) is 16.0. The van der Waals surface area contributed by atoms with Crippen molar-refractivity contribution in [1.82, 2.24) is 14.5 Å². The number of rotatable bonds is 8. The molecule has 1 aromatic carbocycles. The Balaban J connectivity index is 1.27. The van der Waals surface area contributed by atoms with Gasteiger partial charge >= 0.3 is 0 Å². The summed E-state index contributed by atoms with van der Waals surface area (Å²) in [6, 6.07) is 12.4. The largest absolute Gasteiger partial charge is 0.487 e. The standard InChI is InChI=1S/C21H21N3O2S/c1-16-4-9-20(27-16)21-23-18(14-26-21)13-25-19-7-5-17(6-8-19)3-2-11-24-12-10-22-15-24/h4-10,12,14-15H,2-3,11,13H2,1H3. The fraction of sp³-hybridized carbons (Fsp3) is 0.238. The van der Waals surface area contributed by atoms with Crippen LogP contribution in [0.3, 0.4) is 0 Å². The lowest BCUT2D eigenvalue weighted by Gasteiger charge is -2.06. The first-order valence-electron chi connectivity index (χ1n) is 8.95. The van der Waals surface area contributed by atoms with E-state index in [9.17, 15) is 0 Å². The summed E-state index contributed by atoms with van der Waals surface area (Å²) in [6.45, 7) is 3.45. The molecule has 27 heavy (non-hydrogen) atoms. The molecule has 0 bridgehead atoms. The van der Waals surface area contributed by atoms with Crippen LogP contribution in [0, 0.1) is 6.92 Å². The highest BCUT2D eigenvalue weighted by molar-refractivity contribution is 7.15. The lowest BCUT2D eigenvalue weighted by atomic mass is 10.1. The maximum atomic E-state index is 5.83. The Kier molecular flexibility index (Phi) is 5.34. The molecule has 4 rings (SSSR count). The number of aryl methyl sites for hydroxylation is 3. The summed E-state index contributed by atoms with van der Waals surface area (Å²) >= 11 is 1.67. The van der Waals surface area contributed by atoms with Crippen LogP contribution in [-0.2, 0) is 19.6 Å². The summed E-state index contributed by atoms with van der Waals surface area (Å²) < 4.78 is 13.5. The fourth-order valence-electron chi connectivity index (χ4n) is 2.83. The molecule has 0 atom stereocenters. The second kappa shape index (κ2) is 8.22. The Bertz CT molecular complexity index is 971. The predicted octanol–water partition coefficient (Wildman–Crippen LogP) is 5.12. The molecule has 0 N–H and O–H groups in total. The van der Waals surface area contributed by atoms with Crippen molar-refractivity contribution < 1.29 is 9.15 Å². The van der Waals surface area contributed by atoms with Gasteiger partial charge in [0.2, 0.25) is 5.89 Å². The minimum atomic E-state index is 0.397. The van der Waals surface area contributed by atoms with Gasteiger partial charge in [0.25, 0.3) is 0 Å². The van der Waals surface area contributed by atoms with E-state index in [-0.39, 0.29) is 0 Å². The van der Waals surface area contributed by atoms with Crippen LogP contribution >= 0.6 is 11.3 Å². The van der Waals surface area contributed by atoms with Crippen molar-refractivity contribution in [1.29, 1.82) is 0 Å². The molecule has 6 heteroatoms. The fourth-order valence-corrected chi connectivity index (χ4v) is 3.63. The van der Waals surface area contributed by atoms with Gasteiger partial charge in [0.1, 0.15) is 24.3 Å². The Morgan fingerprint density at radius 2 is 2.04 bits per heavy atom. The van der Waals surface area contributed by atoms with Gasteiger partial charge in [-0.3, -0.25) is 0 Å². The third-order valence-electron chi connectivity index (χ3n) is 4.25. The van der Waals surface area contributed by atoms with Crippen LogP contribution in [-0.4, -0.2) is 14.5 Å². The average molecular weight is 379 g/mol. The van der Waals surface area contributed by atoms with Crippen LogP contribution in [0.1, 0.15) is 22.6 Å². The number of hydrogen-bond donors (Lipinski definition) is 0. The molecule has 3 aromatic heterocycles. The van der Waals surface area contributed by atoms with Crippen LogP contribution in [0.15, 0.2) is 65.8 Å². The summed E-state index contributed by atoms with van der Waals surface area (Å²) in [5, 5.41) is 0. The van der Waals surface area contributed by atoms with Crippen molar-refractivity contribution in [3.05, 3.63) is 77.5 Å². The number of oxazole rings is 1. The second-order valence-electron chi connectivity index (χ2n) is 6.39. The van der Waals surface area contributed by atoms with Crippen molar-refractivity contribution in [2.24, 2.45) is 0 Å². The molecule has 0 radical (unpaired) electrons. The van der Waals surface area contributed by atoms with Crippen LogP contribution < -0.4 is 4.74 Å². The van der Waals surface area contributed by atoms with Crippen LogP contribution in [0.25, 0.3) is 10.8 Å². The molecular formula is C21H21N3O2S. The van der Waals surface area contributed by atoms with Gasteiger partial charge in [-0.1, -0.05) is 12.1 Å². The molecule has 0 aliphatic carbocycles. The van der Waals surface area contributed by atoms with Crippen LogP contribution in [0.5, 0.6) is 5.75 Å². The number of thiophene rings is 1. The first kappa shape index (κ1) is 17.5. The minimum Gasteiger partial charge on any atom is -0.487 e. The predicted molar refractivity (Wildman–Crippen MR) is 106 cm³/mol. The van der Waals surface area contributed by atoms with E-state index in [0.29, 0.717) is 12.5 Å². The third-order valence-corrected chi connectivity index (χ3v) is 5.24. The minimum absolute atomic E-state index is 0.397. The van der Waals surface area contributed by atoms with Gasteiger partial charge in [0, 0.05) is 23.8 Å². The molecule has 0 unspecified atom stereocenters. The van der Waals surface area contributed by atoms with Gasteiger partial charge in [-0.2, -0.15) is 0 Å². The van der Waals surface area contributed by atoms with Crippen molar-refractivity contribution in [2.45, 2.75) is 32.9 Å². The molecule has 138 valence electrons. The molecule has 0 spiro atoms.